The molecule has 1 fully saturated rings. The third kappa shape index (κ3) is 3.07. The fourth-order valence-electron chi connectivity index (χ4n) is 1.16. The van der Waals surface area contributed by atoms with E-state index < -0.39 is 24.4 Å². The Hall–Kier alpha value is -1.33. The number of carbonyl (C=O) groups is 2. The fourth-order valence-corrected chi connectivity index (χ4v) is 1.16. The highest BCUT2D eigenvalue weighted by Crippen LogP contribution is 2.17. The quantitative estimate of drug-likeness (QED) is 0.703. The van der Waals surface area contributed by atoms with Gasteiger partial charge in [-0.25, -0.2) is 19.6 Å². The number of halogens is 1. The van der Waals surface area contributed by atoms with Gasteiger partial charge in [-0.1, -0.05) is 0 Å². The summed E-state index contributed by atoms with van der Waals surface area (Å²) in [5.74, 6) is -0.302. The lowest BCUT2D eigenvalue weighted by molar-refractivity contribution is -0.152. The number of amides is 2. The van der Waals surface area contributed by atoms with Crippen molar-refractivity contribution < 1.29 is 18.7 Å². The molecule has 0 saturated carbocycles. The zero-order valence-electron chi connectivity index (χ0n) is 9.04. The lowest BCUT2D eigenvalue weighted by atomic mass is 10.1. The summed E-state index contributed by atoms with van der Waals surface area (Å²) in [6, 6.07) is -0.551. The number of ether oxygens (including phenoxy) is 1. The molecule has 0 aromatic rings. The monoisotopic (exact) mass is 218 g/mol. The molecule has 1 N–H and O–H groups in total. The number of nitrogens with one attached hydrogen (secondary N) is 1. The molecule has 0 aromatic carbocycles. The Kier molecular flexibility index (Phi) is 3.16. The van der Waals surface area contributed by atoms with Crippen LogP contribution in [0, 0.1) is 0 Å². The zero-order chi connectivity index (χ0) is 11.6. The number of alkyl halides is 1. The third-order valence-electron chi connectivity index (χ3n) is 1.83. The Morgan fingerprint density at radius 2 is 2.27 bits per heavy atom. The Labute approximate surface area is 87.5 Å². The molecule has 1 rings (SSSR count). The molecular formula is C9H15FN2O3. The van der Waals surface area contributed by atoms with E-state index in [1.165, 1.54) is 0 Å². The van der Waals surface area contributed by atoms with Crippen molar-refractivity contribution in [2.75, 3.05) is 6.67 Å². The predicted octanol–water partition coefficient (Wildman–Crippen LogP) is 0.997. The molecule has 1 unspecified atom stereocenters. The first-order chi connectivity index (χ1) is 6.83. The first kappa shape index (κ1) is 11.7. The van der Waals surface area contributed by atoms with E-state index in [1.807, 2.05) is 0 Å². The van der Waals surface area contributed by atoms with Crippen molar-refractivity contribution in [3.63, 3.8) is 0 Å². The second-order valence-electron chi connectivity index (χ2n) is 4.39. The van der Waals surface area contributed by atoms with Crippen LogP contribution in [0.2, 0.25) is 0 Å². The van der Waals surface area contributed by atoms with Gasteiger partial charge in [-0.05, 0) is 20.8 Å². The number of hydrogen-bond donors (Lipinski definition) is 1. The zero-order valence-corrected chi connectivity index (χ0v) is 9.04. The van der Waals surface area contributed by atoms with Crippen LogP contribution in [0.5, 0.6) is 0 Å². The molecule has 1 atom stereocenters. The van der Waals surface area contributed by atoms with Gasteiger partial charge in [0.2, 0.25) is 5.91 Å². The summed E-state index contributed by atoms with van der Waals surface area (Å²) in [6.45, 7) is 4.45. The van der Waals surface area contributed by atoms with Crippen LogP contribution in [0.1, 0.15) is 27.2 Å². The maximum Gasteiger partial charge on any atom is 0.426 e. The Morgan fingerprint density at radius 1 is 1.67 bits per heavy atom. The molecular weight excluding hydrogens is 203 g/mol. The molecule has 86 valence electrons. The summed E-state index contributed by atoms with van der Waals surface area (Å²) < 4.78 is 17.2. The Bertz CT molecular complexity index is 275. The van der Waals surface area contributed by atoms with Gasteiger partial charge in [0.25, 0.3) is 0 Å². The Morgan fingerprint density at radius 3 is 2.67 bits per heavy atom. The van der Waals surface area contributed by atoms with Crippen LogP contribution in [0.4, 0.5) is 9.18 Å². The molecule has 0 spiro atoms. The summed E-state index contributed by atoms with van der Waals surface area (Å²) in [7, 11) is 0. The van der Waals surface area contributed by atoms with Crippen molar-refractivity contribution in [3.8, 4) is 0 Å². The van der Waals surface area contributed by atoms with Gasteiger partial charge in [0, 0.05) is 0 Å². The van der Waals surface area contributed by atoms with Gasteiger partial charge < -0.3 is 4.74 Å². The average molecular weight is 218 g/mol. The number of hydrazine groups is 1. The van der Waals surface area contributed by atoms with Crippen LogP contribution in [-0.4, -0.2) is 35.3 Å². The molecule has 15 heavy (non-hydrogen) atoms. The van der Waals surface area contributed by atoms with E-state index in [2.05, 4.69) is 5.43 Å². The van der Waals surface area contributed by atoms with Crippen LogP contribution in [-0.2, 0) is 9.53 Å². The average Bonchev–Trinajstić information content (AvgIpc) is 2.07. The van der Waals surface area contributed by atoms with Crippen molar-refractivity contribution in [2.24, 2.45) is 0 Å². The SMILES string of the molecule is CC(C)(C)OC(=O)NN1C(=O)CC1CF. The number of nitrogens with zero attached hydrogens (tertiary/aromatic N) is 1. The maximum atomic E-state index is 12.3. The van der Waals surface area contributed by atoms with Crippen molar-refractivity contribution in [1.82, 2.24) is 10.4 Å². The number of carbonyl (C=O) groups excluding carboxylic acids is 2. The lowest BCUT2D eigenvalue weighted by Crippen LogP contribution is -2.62. The van der Waals surface area contributed by atoms with Gasteiger partial charge in [0.1, 0.15) is 12.3 Å². The normalized spacial score (nSPS) is 20.9. The smallest absolute Gasteiger partial charge is 0.426 e. The summed E-state index contributed by atoms with van der Waals surface area (Å²) >= 11 is 0. The van der Waals surface area contributed by atoms with E-state index in [-0.39, 0.29) is 12.3 Å². The van der Waals surface area contributed by atoms with Gasteiger partial charge in [-0.2, -0.15) is 0 Å². The lowest BCUT2D eigenvalue weighted by Gasteiger charge is -2.38. The van der Waals surface area contributed by atoms with Crippen molar-refractivity contribution in [3.05, 3.63) is 0 Å². The molecule has 0 aromatic heterocycles. The highest BCUT2D eigenvalue weighted by atomic mass is 19.1. The molecule has 5 nitrogen and oxygen atoms in total. The van der Waals surface area contributed by atoms with Crippen LogP contribution < -0.4 is 5.43 Å². The number of β-lactam (4-membered cyclic amide) rings is 1. The second-order valence-corrected chi connectivity index (χ2v) is 4.39. The third-order valence-corrected chi connectivity index (χ3v) is 1.83. The van der Waals surface area contributed by atoms with E-state index in [9.17, 15) is 14.0 Å². The second kappa shape index (κ2) is 4.04. The Balaban J connectivity index is 2.41. The molecule has 2 amide bonds. The summed E-state index contributed by atoms with van der Waals surface area (Å²) in [5.41, 5.74) is 1.57. The van der Waals surface area contributed by atoms with Gasteiger partial charge in [0.15, 0.2) is 0 Å². The fraction of sp³-hybridized carbons (Fsp3) is 0.778. The molecule has 1 aliphatic heterocycles. The van der Waals surface area contributed by atoms with Crippen LogP contribution in [0.3, 0.4) is 0 Å². The van der Waals surface area contributed by atoms with E-state index >= 15 is 0 Å². The van der Waals surface area contributed by atoms with E-state index in [0.717, 1.165) is 5.01 Å². The van der Waals surface area contributed by atoms with Crippen molar-refractivity contribution in [1.29, 1.82) is 0 Å². The van der Waals surface area contributed by atoms with Crippen LogP contribution in [0.25, 0.3) is 0 Å². The summed E-state index contributed by atoms with van der Waals surface area (Å²) in [5, 5.41) is 0.966. The largest absolute Gasteiger partial charge is 0.443 e. The van der Waals surface area contributed by atoms with Crippen molar-refractivity contribution in [2.45, 2.75) is 38.8 Å². The van der Waals surface area contributed by atoms with Gasteiger partial charge in [-0.3, -0.25) is 4.79 Å². The van der Waals surface area contributed by atoms with Gasteiger partial charge >= 0.3 is 6.09 Å². The van der Waals surface area contributed by atoms with Crippen LogP contribution in [0.15, 0.2) is 0 Å². The van der Waals surface area contributed by atoms with Gasteiger partial charge in [-0.15, -0.1) is 0 Å². The van der Waals surface area contributed by atoms with Gasteiger partial charge in [0.05, 0.1) is 12.5 Å². The minimum atomic E-state index is -0.742. The molecule has 1 saturated heterocycles. The van der Waals surface area contributed by atoms with E-state index in [0.29, 0.717) is 0 Å². The standard InChI is InChI=1S/C9H15FN2O3/c1-9(2,3)15-8(14)11-12-6(5-10)4-7(12)13/h6H,4-5H2,1-3H3,(H,11,14). The molecule has 1 aliphatic rings. The summed E-state index contributed by atoms with van der Waals surface area (Å²) in [4.78, 5) is 22.2. The first-order valence-electron chi connectivity index (χ1n) is 4.71. The maximum absolute atomic E-state index is 12.3. The molecule has 0 radical (unpaired) electrons. The molecule has 0 aliphatic carbocycles. The highest BCUT2D eigenvalue weighted by Gasteiger charge is 2.38. The summed E-state index contributed by atoms with van der Waals surface area (Å²) in [6.07, 6.45) is -0.610. The topological polar surface area (TPSA) is 58.6 Å². The predicted molar refractivity (Wildman–Crippen MR) is 50.6 cm³/mol. The van der Waals surface area contributed by atoms with Crippen molar-refractivity contribution >= 4 is 12.0 Å². The minimum absolute atomic E-state index is 0.131. The molecule has 6 heteroatoms. The molecule has 1 heterocycles. The first-order valence-corrected chi connectivity index (χ1v) is 4.71. The van der Waals surface area contributed by atoms with E-state index in [1.54, 1.807) is 20.8 Å². The highest BCUT2D eigenvalue weighted by molar-refractivity contribution is 5.85. The van der Waals surface area contributed by atoms with Crippen LogP contribution >= 0.6 is 0 Å². The van der Waals surface area contributed by atoms with E-state index in [4.69, 9.17) is 4.74 Å². The number of rotatable bonds is 2. The minimum Gasteiger partial charge on any atom is -0.443 e. The molecule has 0 bridgehead atoms. The number of hydrogen-bond acceptors (Lipinski definition) is 3.